The lowest BCUT2D eigenvalue weighted by Gasteiger charge is -2.44. The standard InChI is InChI=1S/C59H45NS/c1-35-17-19-36(20-18-35)37-22-28-53-49(32-37)50-33-39(38-21-25-45-43-13-6-5-11-41(43)42-12-7-8-14-44(42)48(45)31-38)23-29-54(50)60(53)40-24-26-46-51-27-30-56-57(47-15-9-10-16-55(47)61-56)59(51,4)58(2,3)52(46)34-40/h5-17,19-35,51H,18H2,1-4H3. The molecule has 0 spiro atoms. The first-order valence-corrected chi connectivity index (χ1v) is 22.8. The van der Waals surface area contributed by atoms with Gasteiger partial charge in [0.2, 0.25) is 0 Å². The molecular formula is C59H45NS. The fourth-order valence-electron chi connectivity index (χ4n) is 11.8. The van der Waals surface area contributed by atoms with Crippen LogP contribution in [0.3, 0.4) is 0 Å². The Morgan fingerprint density at radius 2 is 1.13 bits per heavy atom. The van der Waals surface area contributed by atoms with E-state index in [1.165, 1.54) is 114 Å². The van der Waals surface area contributed by atoms with Crippen LogP contribution in [0.15, 0.2) is 170 Å². The second-order valence-corrected chi connectivity index (χ2v) is 19.7. The normalized spacial score (nSPS) is 20.2. The smallest absolute Gasteiger partial charge is 0.0541 e. The van der Waals surface area contributed by atoms with Gasteiger partial charge in [-0.25, -0.2) is 0 Å². The summed E-state index contributed by atoms with van der Waals surface area (Å²) in [4.78, 5) is 1.42. The summed E-state index contributed by atoms with van der Waals surface area (Å²) < 4.78 is 3.92. The molecule has 3 atom stereocenters. The van der Waals surface area contributed by atoms with Crippen LogP contribution in [0.4, 0.5) is 0 Å². The number of nitrogens with zero attached hydrogens (tertiary/aromatic N) is 1. The fraction of sp³-hybridized carbons (Fsp3) is 0.153. The molecule has 0 bridgehead atoms. The molecule has 2 aromatic heterocycles. The minimum absolute atomic E-state index is 0.0710. The van der Waals surface area contributed by atoms with E-state index in [1.54, 1.807) is 0 Å². The Hall–Kier alpha value is -6.48. The number of hydrogen-bond donors (Lipinski definition) is 0. The first kappa shape index (κ1) is 35.3. The van der Waals surface area contributed by atoms with Gasteiger partial charge in [0, 0.05) is 42.8 Å². The predicted octanol–water partition coefficient (Wildman–Crippen LogP) is 16.5. The number of hydrogen-bond acceptors (Lipinski definition) is 1. The van der Waals surface area contributed by atoms with E-state index < -0.39 is 0 Å². The zero-order chi connectivity index (χ0) is 40.8. The van der Waals surface area contributed by atoms with Crippen LogP contribution in [-0.2, 0) is 10.8 Å². The zero-order valence-electron chi connectivity index (χ0n) is 35.0. The molecule has 292 valence electrons. The highest BCUT2D eigenvalue weighted by atomic mass is 32.1. The van der Waals surface area contributed by atoms with Crippen LogP contribution < -0.4 is 0 Å². The number of allylic oxidation sites excluding steroid dienone is 5. The molecule has 13 rings (SSSR count). The molecule has 0 amide bonds. The Morgan fingerprint density at radius 1 is 0.541 bits per heavy atom. The second kappa shape index (κ2) is 12.5. The Morgan fingerprint density at radius 3 is 1.82 bits per heavy atom. The third kappa shape index (κ3) is 4.77. The fourth-order valence-corrected chi connectivity index (χ4v) is 13.1. The summed E-state index contributed by atoms with van der Waals surface area (Å²) in [5.41, 5.74) is 13.0. The third-order valence-electron chi connectivity index (χ3n) is 15.3. The van der Waals surface area contributed by atoms with Gasteiger partial charge in [-0.1, -0.05) is 149 Å². The number of benzene rings is 8. The van der Waals surface area contributed by atoms with Crippen molar-refractivity contribution in [1.29, 1.82) is 0 Å². The van der Waals surface area contributed by atoms with Gasteiger partial charge in [0.05, 0.1) is 11.0 Å². The van der Waals surface area contributed by atoms with Gasteiger partial charge in [-0.3, -0.25) is 0 Å². The maximum Gasteiger partial charge on any atom is 0.0541 e. The van der Waals surface area contributed by atoms with Crippen molar-refractivity contribution < 1.29 is 0 Å². The number of rotatable bonds is 3. The molecule has 2 heterocycles. The van der Waals surface area contributed by atoms with Crippen LogP contribution in [0.25, 0.3) is 92.7 Å². The molecule has 2 heteroatoms. The number of fused-ring (bicyclic) bond motifs is 16. The Balaban J connectivity index is 1.01. The molecule has 0 radical (unpaired) electrons. The van der Waals surface area contributed by atoms with E-state index >= 15 is 0 Å². The van der Waals surface area contributed by atoms with Crippen LogP contribution in [0.1, 0.15) is 67.2 Å². The molecule has 0 saturated heterocycles. The molecule has 0 aliphatic heterocycles. The van der Waals surface area contributed by atoms with Gasteiger partial charge in [-0.15, -0.1) is 11.3 Å². The van der Waals surface area contributed by atoms with Crippen molar-refractivity contribution in [3.8, 4) is 16.8 Å². The number of aromatic nitrogens is 1. The van der Waals surface area contributed by atoms with Gasteiger partial charge >= 0.3 is 0 Å². The summed E-state index contributed by atoms with van der Waals surface area (Å²) in [5.74, 6) is 0.890. The lowest BCUT2D eigenvalue weighted by molar-refractivity contribution is 0.285. The molecule has 61 heavy (non-hydrogen) atoms. The van der Waals surface area contributed by atoms with Gasteiger partial charge < -0.3 is 4.57 Å². The van der Waals surface area contributed by atoms with Gasteiger partial charge in [0.15, 0.2) is 0 Å². The van der Waals surface area contributed by atoms with E-state index in [0.29, 0.717) is 11.8 Å². The third-order valence-corrected chi connectivity index (χ3v) is 16.4. The minimum Gasteiger partial charge on any atom is -0.309 e. The van der Waals surface area contributed by atoms with Crippen molar-refractivity contribution in [3.63, 3.8) is 0 Å². The molecule has 0 fully saturated rings. The van der Waals surface area contributed by atoms with Gasteiger partial charge in [-0.05, 0) is 144 Å². The van der Waals surface area contributed by atoms with E-state index in [2.05, 4.69) is 208 Å². The average Bonchev–Trinajstić information content (AvgIpc) is 3.90. The molecule has 1 nitrogen and oxygen atoms in total. The van der Waals surface area contributed by atoms with Crippen LogP contribution in [0, 0.1) is 5.92 Å². The Bertz CT molecular complexity index is 3600. The summed E-state index contributed by atoms with van der Waals surface area (Å²) >= 11 is 1.94. The number of thiophene rings is 1. The zero-order valence-corrected chi connectivity index (χ0v) is 35.8. The Kier molecular flexibility index (Phi) is 7.25. The second-order valence-electron chi connectivity index (χ2n) is 18.7. The van der Waals surface area contributed by atoms with Crippen LogP contribution in [-0.4, -0.2) is 4.57 Å². The molecule has 8 aromatic carbocycles. The van der Waals surface area contributed by atoms with E-state index in [-0.39, 0.29) is 10.8 Å². The summed E-state index contributed by atoms with van der Waals surface area (Å²) in [5, 5.41) is 11.8. The summed E-state index contributed by atoms with van der Waals surface area (Å²) in [6.45, 7) is 9.83. The van der Waals surface area contributed by atoms with E-state index in [0.717, 1.165) is 6.42 Å². The largest absolute Gasteiger partial charge is 0.309 e. The van der Waals surface area contributed by atoms with Crippen LogP contribution in [0.2, 0.25) is 0 Å². The predicted molar refractivity (Wildman–Crippen MR) is 264 cm³/mol. The molecule has 0 saturated carbocycles. The lowest BCUT2D eigenvalue weighted by atomic mass is 9.58. The van der Waals surface area contributed by atoms with E-state index in [4.69, 9.17) is 0 Å². The van der Waals surface area contributed by atoms with E-state index in [9.17, 15) is 0 Å². The minimum atomic E-state index is -0.103. The quantitative estimate of drug-likeness (QED) is 0.157. The van der Waals surface area contributed by atoms with Crippen molar-refractivity contribution in [3.05, 3.63) is 197 Å². The highest BCUT2D eigenvalue weighted by Crippen LogP contribution is 2.65. The van der Waals surface area contributed by atoms with Crippen LogP contribution in [0.5, 0.6) is 0 Å². The summed E-state index contributed by atoms with van der Waals surface area (Å²) in [6.07, 6.45) is 13.1. The van der Waals surface area contributed by atoms with Crippen molar-refractivity contribution in [1.82, 2.24) is 4.57 Å². The SMILES string of the molecule is CC1C=CC(c2ccc3c(c2)c2cc(-c4ccc5c6ccccc6c6ccccc6c5c4)ccc2n3-c2ccc3c(c2)C(C)(C)C2(C)c4c(sc5ccccc45)C=CC32)=CC1. The van der Waals surface area contributed by atoms with Gasteiger partial charge in [-0.2, -0.15) is 0 Å². The molecule has 10 aromatic rings. The molecule has 0 N–H and O–H groups in total. The molecular weight excluding hydrogens is 755 g/mol. The monoisotopic (exact) mass is 799 g/mol. The highest BCUT2D eigenvalue weighted by molar-refractivity contribution is 7.20. The van der Waals surface area contributed by atoms with E-state index in [1.807, 2.05) is 11.3 Å². The lowest BCUT2D eigenvalue weighted by Crippen LogP contribution is -2.42. The summed E-state index contributed by atoms with van der Waals surface area (Å²) in [6, 6.07) is 55.6. The van der Waals surface area contributed by atoms with Crippen LogP contribution >= 0.6 is 11.3 Å². The van der Waals surface area contributed by atoms with Gasteiger partial charge in [0.25, 0.3) is 0 Å². The van der Waals surface area contributed by atoms with Crippen molar-refractivity contribution >= 4 is 87.2 Å². The summed E-state index contributed by atoms with van der Waals surface area (Å²) in [7, 11) is 0. The highest BCUT2D eigenvalue weighted by Gasteiger charge is 2.57. The van der Waals surface area contributed by atoms with Gasteiger partial charge in [0.1, 0.15) is 0 Å². The first-order chi connectivity index (χ1) is 29.8. The first-order valence-electron chi connectivity index (χ1n) is 21.9. The Labute approximate surface area is 360 Å². The molecule has 3 aliphatic carbocycles. The molecule has 3 unspecified atom stereocenters. The maximum atomic E-state index is 2.54. The topological polar surface area (TPSA) is 4.93 Å². The molecule has 3 aliphatic rings. The van der Waals surface area contributed by atoms with Crippen molar-refractivity contribution in [2.75, 3.05) is 0 Å². The average molecular weight is 800 g/mol. The van der Waals surface area contributed by atoms with Crippen molar-refractivity contribution in [2.24, 2.45) is 5.92 Å². The maximum absolute atomic E-state index is 2.54. The van der Waals surface area contributed by atoms with Crippen molar-refractivity contribution in [2.45, 2.75) is 50.9 Å².